The maximum atomic E-state index is 12.0. The molecule has 0 aromatic carbocycles. The monoisotopic (exact) mass is 373 g/mol. The summed E-state index contributed by atoms with van der Waals surface area (Å²) in [6.45, 7) is 2.28. The number of nitrogens with zero attached hydrogens (tertiary/aromatic N) is 4. The van der Waals surface area contributed by atoms with E-state index in [1.165, 1.54) is 10.8 Å². The summed E-state index contributed by atoms with van der Waals surface area (Å²) in [5, 5.41) is 25.9. The van der Waals surface area contributed by atoms with Crippen molar-refractivity contribution in [2.75, 3.05) is 18.5 Å². The summed E-state index contributed by atoms with van der Waals surface area (Å²) >= 11 is 0. The van der Waals surface area contributed by atoms with Crippen LogP contribution in [0.5, 0.6) is 0 Å². The van der Waals surface area contributed by atoms with Gasteiger partial charge in [0.2, 0.25) is 0 Å². The number of aromatic nitrogens is 3. The minimum atomic E-state index is -1.19. The van der Waals surface area contributed by atoms with Crippen molar-refractivity contribution in [3.8, 4) is 6.07 Å². The van der Waals surface area contributed by atoms with Crippen LogP contribution in [0.4, 0.5) is 10.6 Å². The fourth-order valence-corrected chi connectivity index (χ4v) is 3.21. The second-order valence-electron chi connectivity index (χ2n) is 6.49. The molecule has 2 atom stereocenters. The SMILES string of the molecule is CCCCCOC(=O)Nc1ncnn2c([C@@]3(C#N)CC[C@@H](CO)O3)ccc12. The fourth-order valence-electron chi connectivity index (χ4n) is 3.21. The average molecular weight is 373 g/mol. The number of hydrogen-bond donors (Lipinski definition) is 2. The lowest BCUT2D eigenvalue weighted by molar-refractivity contribution is -0.0324. The number of carbonyl (C=O) groups is 1. The Morgan fingerprint density at radius 2 is 2.41 bits per heavy atom. The Balaban J connectivity index is 1.81. The van der Waals surface area contributed by atoms with E-state index in [1.807, 2.05) is 0 Å². The average Bonchev–Trinajstić information content (AvgIpc) is 3.30. The quantitative estimate of drug-likeness (QED) is 0.714. The van der Waals surface area contributed by atoms with Crippen LogP contribution in [0.15, 0.2) is 18.5 Å². The number of ether oxygens (including phenoxy) is 2. The predicted molar refractivity (Wildman–Crippen MR) is 96.0 cm³/mol. The van der Waals surface area contributed by atoms with E-state index in [-0.39, 0.29) is 12.7 Å². The normalized spacial score (nSPS) is 21.9. The van der Waals surface area contributed by atoms with Crippen LogP contribution >= 0.6 is 0 Å². The number of hydrogen-bond acceptors (Lipinski definition) is 7. The van der Waals surface area contributed by atoms with Crippen LogP contribution in [0.25, 0.3) is 5.52 Å². The van der Waals surface area contributed by atoms with Gasteiger partial charge in [-0.1, -0.05) is 19.8 Å². The summed E-state index contributed by atoms with van der Waals surface area (Å²) in [5.74, 6) is 0.293. The first-order valence-electron chi connectivity index (χ1n) is 9.10. The number of unbranched alkanes of at least 4 members (excludes halogenated alkanes) is 2. The van der Waals surface area contributed by atoms with Gasteiger partial charge < -0.3 is 14.6 Å². The van der Waals surface area contributed by atoms with Gasteiger partial charge in [-0.05, 0) is 31.4 Å². The van der Waals surface area contributed by atoms with Gasteiger partial charge in [0, 0.05) is 0 Å². The number of carbonyl (C=O) groups excluding carboxylic acids is 1. The third kappa shape index (κ3) is 3.86. The van der Waals surface area contributed by atoms with Crippen LogP contribution in [0.1, 0.15) is 44.7 Å². The van der Waals surface area contributed by atoms with Crippen molar-refractivity contribution in [2.45, 2.75) is 50.7 Å². The molecule has 2 N–H and O–H groups in total. The van der Waals surface area contributed by atoms with E-state index in [0.717, 1.165) is 19.3 Å². The molecule has 2 aromatic rings. The highest BCUT2D eigenvalue weighted by Crippen LogP contribution is 2.39. The molecule has 3 heterocycles. The first-order valence-corrected chi connectivity index (χ1v) is 9.10. The Bertz CT molecular complexity index is 846. The van der Waals surface area contributed by atoms with Crippen molar-refractivity contribution >= 4 is 17.4 Å². The highest BCUT2D eigenvalue weighted by molar-refractivity contribution is 5.88. The van der Waals surface area contributed by atoms with Gasteiger partial charge in [0.1, 0.15) is 17.9 Å². The lowest BCUT2D eigenvalue weighted by Crippen LogP contribution is -2.28. The van der Waals surface area contributed by atoms with Gasteiger partial charge in [-0.3, -0.25) is 5.32 Å². The Hall–Kier alpha value is -2.70. The molecule has 1 saturated heterocycles. The molecule has 1 aliphatic rings. The van der Waals surface area contributed by atoms with Gasteiger partial charge in [0.15, 0.2) is 11.4 Å². The summed E-state index contributed by atoms with van der Waals surface area (Å²) in [6.07, 6.45) is 4.22. The number of fused-ring (bicyclic) bond motifs is 1. The Labute approximate surface area is 156 Å². The standard InChI is InChI=1S/C18H23N5O4/c1-2-3-4-9-26-17(25)22-16-14-5-6-15(23(14)21-12-20-16)18(11-19)8-7-13(10-24)27-18/h5-6,12-13,24H,2-4,7-10H2,1H3,(H,20,21,22,25)/t13-,18-/m0/s1. The van der Waals surface area contributed by atoms with E-state index < -0.39 is 11.7 Å². The molecule has 0 unspecified atom stereocenters. The van der Waals surface area contributed by atoms with Crippen LogP contribution < -0.4 is 5.32 Å². The van der Waals surface area contributed by atoms with Gasteiger partial charge in [-0.2, -0.15) is 10.4 Å². The molecule has 1 fully saturated rings. The topological polar surface area (TPSA) is 122 Å². The van der Waals surface area contributed by atoms with E-state index in [2.05, 4.69) is 28.4 Å². The molecule has 2 aromatic heterocycles. The van der Waals surface area contributed by atoms with Crippen LogP contribution in [0.3, 0.4) is 0 Å². The summed E-state index contributed by atoms with van der Waals surface area (Å²) < 4.78 is 12.5. The molecule has 9 nitrogen and oxygen atoms in total. The molecule has 0 aliphatic carbocycles. The third-order valence-corrected chi connectivity index (χ3v) is 4.64. The Kier molecular flexibility index (Phi) is 5.88. The molecule has 0 bridgehead atoms. The third-order valence-electron chi connectivity index (χ3n) is 4.64. The van der Waals surface area contributed by atoms with E-state index in [4.69, 9.17) is 9.47 Å². The summed E-state index contributed by atoms with van der Waals surface area (Å²) in [5.41, 5.74) is -0.118. The lowest BCUT2D eigenvalue weighted by atomic mass is 9.98. The number of aliphatic hydroxyl groups excluding tert-OH is 1. The molecule has 1 amide bonds. The zero-order chi connectivity index (χ0) is 19.3. The van der Waals surface area contributed by atoms with Crippen molar-refractivity contribution in [3.63, 3.8) is 0 Å². The number of anilines is 1. The highest BCUT2D eigenvalue weighted by atomic mass is 16.5. The van der Waals surface area contributed by atoms with Crippen molar-refractivity contribution in [3.05, 3.63) is 24.2 Å². The number of rotatable bonds is 7. The molecule has 9 heteroatoms. The Morgan fingerprint density at radius 3 is 3.11 bits per heavy atom. The largest absolute Gasteiger partial charge is 0.449 e. The van der Waals surface area contributed by atoms with E-state index in [0.29, 0.717) is 36.5 Å². The zero-order valence-corrected chi connectivity index (χ0v) is 15.2. The van der Waals surface area contributed by atoms with Crippen LogP contribution in [-0.2, 0) is 15.1 Å². The van der Waals surface area contributed by atoms with Crippen LogP contribution in [-0.4, -0.2) is 45.1 Å². The predicted octanol–water partition coefficient (Wildman–Crippen LogP) is 2.36. The molecule has 0 radical (unpaired) electrons. The minimum absolute atomic E-state index is 0.140. The smallest absolute Gasteiger partial charge is 0.412 e. The molecular formula is C18H23N5O4. The minimum Gasteiger partial charge on any atom is -0.449 e. The van der Waals surface area contributed by atoms with E-state index in [1.54, 1.807) is 12.1 Å². The number of amides is 1. The fraction of sp³-hybridized carbons (Fsp3) is 0.556. The summed E-state index contributed by atoms with van der Waals surface area (Å²) in [6, 6.07) is 5.66. The van der Waals surface area contributed by atoms with Gasteiger partial charge in [-0.25, -0.2) is 14.3 Å². The second-order valence-corrected chi connectivity index (χ2v) is 6.49. The summed E-state index contributed by atoms with van der Waals surface area (Å²) in [7, 11) is 0. The first-order chi connectivity index (χ1) is 13.1. The maximum absolute atomic E-state index is 12.0. The molecule has 0 saturated carbocycles. The zero-order valence-electron chi connectivity index (χ0n) is 15.2. The van der Waals surface area contributed by atoms with Crippen molar-refractivity contribution < 1.29 is 19.4 Å². The van der Waals surface area contributed by atoms with Gasteiger partial charge >= 0.3 is 6.09 Å². The summed E-state index contributed by atoms with van der Waals surface area (Å²) in [4.78, 5) is 16.1. The van der Waals surface area contributed by atoms with Crippen molar-refractivity contribution in [1.82, 2.24) is 14.6 Å². The van der Waals surface area contributed by atoms with Gasteiger partial charge in [0.05, 0.1) is 25.0 Å². The molecule has 27 heavy (non-hydrogen) atoms. The number of nitriles is 1. The van der Waals surface area contributed by atoms with E-state index in [9.17, 15) is 15.2 Å². The van der Waals surface area contributed by atoms with Crippen LogP contribution in [0, 0.1) is 11.3 Å². The van der Waals surface area contributed by atoms with Gasteiger partial charge in [-0.15, -0.1) is 0 Å². The molecule has 144 valence electrons. The Morgan fingerprint density at radius 1 is 1.56 bits per heavy atom. The second kappa shape index (κ2) is 8.33. The number of nitrogens with one attached hydrogen (secondary N) is 1. The van der Waals surface area contributed by atoms with Crippen LogP contribution in [0.2, 0.25) is 0 Å². The molecular weight excluding hydrogens is 350 g/mol. The van der Waals surface area contributed by atoms with Crippen molar-refractivity contribution in [2.24, 2.45) is 0 Å². The highest BCUT2D eigenvalue weighted by Gasteiger charge is 2.44. The van der Waals surface area contributed by atoms with Crippen molar-refractivity contribution in [1.29, 1.82) is 5.26 Å². The van der Waals surface area contributed by atoms with Gasteiger partial charge in [0.25, 0.3) is 0 Å². The molecule has 1 aliphatic heterocycles. The first kappa shape index (κ1) is 19.1. The molecule has 3 rings (SSSR count). The maximum Gasteiger partial charge on any atom is 0.412 e. The number of aliphatic hydroxyl groups is 1. The van der Waals surface area contributed by atoms with E-state index >= 15 is 0 Å². The molecule has 0 spiro atoms. The lowest BCUT2D eigenvalue weighted by Gasteiger charge is -2.21.